The van der Waals surface area contributed by atoms with Crippen LogP contribution in [0.1, 0.15) is 16.2 Å². The van der Waals surface area contributed by atoms with E-state index in [9.17, 15) is 13.2 Å². The third-order valence-corrected chi connectivity index (χ3v) is 5.49. The number of carbonyl (C=O) groups is 1. The van der Waals surface area contributed by atoms with Gasteiger partial charge in [-0.3, -0.25) is 9.48 Å². The van der Waals surface area contributed by atoms with E-state index in [4.69, 9.17) is 11.6 Å². The molecule has 0 unspecified atom stereocenters. The van der Waals surface area contributed by atoms with Crippen LogP contribution in [-0.2, 0) is 17.1 Å². The Morgan fingerprint density at radius 2 is 1.78 bits per heavy atom. The fraction of sp³-hybridized carbons (Fsp3) is 0.125. The van der Waals surface area contributed by atoms with Gasteiger partial charge in [0.05, 0.1) is 15.6 Å². The molecule has 0 fully saturated rings. The second kappa shape index (κ2) is 7.33. The number of nitrogens with one attached hydrogen (secondary N) is 2. The summed E-state index contributed by atoms with van der Waals surface area (Å²) >= 11 is 6.09. The maximum atomic E-state index is 12.3. The molecule has 9 nitrogen and oxygen atoms in total. The second-order valence-electron chi connectivity index (χ2n) is 5.53. The molecule has 3 rings (SSSR count). The van der Waals surface area contributed by atoms with Gasteiger partial charge < -0.3 is 5.32 Å². The van der Waals surface area contributed by atoms with Crippen LogP contribution in [0, 0.1) is 6.92 Å². The molecule has 3 aromatic rings. The molecular formula is C16H15ClN6O3S. The first-order chi connectivity index (χ1) is 12.8. The topological polar surface area (TPSA) is 119 Å². The largest absolute Gasteiger partial charge is 0.321 e. The molecule has 1 amide bonds. The molecule has 0 saturated heterocycles. The zero-order valence-corrected chi connectivity index (χ0v) is 15.9. The molecule has 0 radical (unpaired) electrons. The van der Waals surface area contributed by atoms with E-state index in [1.54, 1.807) is 20.0 Å². The average Bonchev–Trinajstić information content (AvgIpc) is 2.90. The summed E-state index contributed by atoms with van der Waals surface area (Å²) in [7, 11) is -2.16. The highest BCUT2D eigenvalue weighted by Gasteiger charge is 2.19. The zero-order chi connectivity index (χ0) is 19.6. The minimum Gasteiger partial charge on any atom is -0.321 e. The number of rotatable bonds is 5. The molecule has 2 aromatic heterocycles. The number of sulfonamides is 1. The van der Waals surface area contributed by atoms with Gasteiger partial charge in [0.25, 0.3) is 15.9 Å². The van der Waals surface area contributed by atoms with E-state index >= 15 is 0 Å². The summed E-state index contributed by atoms with van der Waals surface area (Å²) in [6.45, 7) is 1.75. The SMILES string of the molecule is Cc1c(Cl)c(C(=O)Nc2ccc(S(=O)(=O)Nc3ncccn3)cc2)nn1C. The number of benzene rings is 1. The van der Waals surface area contributed by atoms with Crippen molar-refractivity contribution in [1.29, 1.82) is 0 Å². The molecule has 0 bridgehead atoms. The summed E-state index contributed by atoms with van der Waals surface area (Å²) in [5.74, 6) is -0.523. The summed E-state index contributed by atoms with van der Waals surface area (Å²) in [4.78, 5) is 19.9. The van der Waals surface area contributed by atoms with Gasteiger partial charge in [0.1, 0.15) is 0 Å². The number of aryl methyl sites for hydroxylation is 1. The van der Waals surface area contributed by atoms with Gasteiger partial charge in [-0.25, -0.2) is 23.1 Å². The molecule has 0 aliphatic heterocycles. The summed E-state index contributed by atoms with van der Waals surface area (Å²) in [6.07, 6.45) is 2.85. The summed E-state index contributed by atoms with van der Waals surface area (Å²) in [5, 5.41) is 6.96. The maximum Gasteiger partial charge on any atom is 0.277 e. The number of hydrogen-bond donors (Lipinski definition) is 2. The normalized spacial score (nSPS) is 11.2. The van der Waals surface area contributed by atoms with E-state index in [0.29, 0.717) is 11.4 Å². The van der Waals surface area contributed by atoms with Crippen LogP contribution in [-0.4, -0.2) is 34.1 Å². The molecule has 2 N–H and O–H groups in total. The molecule has 140 valence electrons. The van der Waals surface area contributed by atoms with Gasteiger partial charge >= 0.3 is 0 Å². The van der Waals surface area contributed by atoms with E-state index in [0.717, 1.165) is 0 Å². The lowest BCUT2D eigenvalue weighted by Crippen LogP contribution is -2.16. The highest BCUT2D eigenvalue weighted by atomic mass is 35.5. The summed E-state index contributed by atoms with van der Waals surface area (Å²) in [5.41, 5.74) is 1.16. The predicted molar refractivity (Wildman–Crippen MR) is 100 cm³/mol. The van der Waals surface area contributed by atoms with Crippen molar-refractivity contribution in [2.45, 2.75) is 11.8 Å². The number of nitrogens with zero attached hydrogens (tertiary/aromatic N) is 4. The zero-order valence-electron chi connectivity index (χ0n) is 14.3. The van der Waals surface area contributed by atoms with Crippen molar-refractivity contribution in [3.8, 4) is 0 Å². The van der Waals surface area contributed by atoms with Crippen molar-refractivity contribution < 1.29 is 13.2 Å². The van der Waals surface area contributed by atoms with Gasteiger partial charge in [-0.05, 0) is 37.3 Å². The van der Waals surface area contributed by atoms with Crippen LogP contribution >= 0.6 is 11.6 Å². The van der Waals surface area contributed by atoms with Crippen molar-refractivity contribution in [2.24, 2.45) is 7.05 Å². The van der Waals surface area contributed by atoms with Crippen molar-refractivity contribution in [3.63, 3.8) is 0 Å². The lowest BCUT2D eigenvalue weighted by Gasteiger charge is -2.08. The highest BCUT2D eigenvalue weighted by molar-refractivity contribution is 7.92. The van der Waals surface area contributed by atoms with Crippen molar-refractivity contribution >= 4 is 39.2 Å². The van der Waals surface area contributed by atoms with Gasteiger partial charge in [-0.1, -0.05) is 11.6 Å². The van der Waals surface area contributed by atoms with Gasteiger partial charge in [0, 0.05) is 25.1 Å². The Morgan fingerprint density at radius 1 is 1.15 bits per heavy atom. The van der Waals surface area contributed by atoms with E-state index in [2.05, 4.69) is 25.1 Å². The first-order valence-corrected chi connectivity index (χ1v) is 9.54. The van der Waals surface area contributed by atoms with Crippen LogP contribution in [0.25, 0.3) is 0 Å². The molecule has 0 aliphatic carbocycles. The fourth-order valence-electron chi connectivity index (χ4n) is 2.17. The molecule has 2 heterocycles. The Hall–Kier alpha value is -2.98. The lowest BCUT2D eigenvalue weighted by atomic mass is 10.3. The predicted octanol–water partition coefficient (Wildman–Crippen LogP) is 2.23. The van der Waals surface area contributed by atoms with E-state index in [1.807, 2.05) is 0 Å². The molecule has 27 heavy (non-hydrogen) atoms. The molecule has 0 aliphatic rings. The smallest absolute Gasteiger partial charge is 0.277 e. The Balaban J connectivity index is 1.75. The number of amides is 1. The summed E-state index contributed by atoms with van der Waals surface area (Å²) in [6, 6.07) is 7.20. The van der Waals surface area contributed by atoms with Crippen LogP contribution in [0.15, 0.2) is 47.6 Å². The number of hydrogen-bond acceptors (Lipinski definition) is 6. The van der Waals surface area contributed by atoms with Crippen LogP contribution in [0.5, 0.6) is 0 Å². The van der Waals surface area contributed by atoms with Crippen molar-refractivity contribution in [2.75, 3.05) is 10.0 Å². The maximum absolute atomic E-state index is 12.3. The number of aromatic nitrogens is 4. The van der Waals surface area contributed by atoms with Gasteiger partial charge in [0.15, 0.2) is 5.69 Å². The first-order valence-electron chi connectivity index (χ1n) is 7.68. The average molecular weight is 407 g/mol. The van der Waals surface area contributed by atoms with Crippen molar-refractivity contribution in [1.82, 2.24) is 19.7 Å². The lowest BCUT2D eigenvalue weighted by molar-refractivity contribution is 0.102. The molecule has 11 heteroatoms. The fourth-order valence-corrected chi connectivity index (χ4v) is 3.37. The van der Waals surface area contributed by atoms with Crippen molar-refractivity contribution in [3.05, 3.63) is 59.1 Å². The summed E-state index contributed by atoms with van der Waals surface area (Å²) < 4.78 is 28.4. The Labute approximate surface area is 160 Å². The van der Waals surface area contributed by atoms with Gasteiger partial charge in [0.2, 0.25) is 5.95 Å². The number of anilines is 2. The molecule has 0 saturated carbocycles. The standard InChI is InChI=1S/C16H15ClN6O3S/c1-10-13(17)14(21-23(10)2)15(24)20-11-4-6-12(7-5-11)27(25,26)22-16-18-8-3-9-19-16/h3-9H,1-2H3,(H,20,24)(H,18,19,22). The van der Waals surface area contributed by atoms with Gasteiger partial charge in [-0.2, -0.15) is 5.10 Å². The minimum absolute atomic E-state index is 0.000310. The first kappa shape index (κ1) is 18.8. The van der Waals surface area contributed by atoms with Crippen LogP contribution in [0.2, 0.25) is 5.02 Å². The third-order valence-electron chi connectivity index (χ3n) is 3.69. The molecule has 1 aromatic carbocycles. The van der Waals surface area contributed by atoms with E-state index < -0.39 is 15.9 Å². The minimum atomic E-state index is -3.84. The van der Waals surface area contributed by atoms with E-state index in [1.165, 1.54) is 41.3 Å². The Bertz CT molecular complexity index is 1080. The monoisotopic (exact) mass is 406 g/mol. The van der Waals surface area contributed by atoms with Crippen LogP contribution < -0.4 is 10.0 Å². The quantitative estimate of drug-likeness (QED) is 0.670. The molecule has 0 spiro atoms. The van der Waals surface area contributed by atoms with Gasteiger partial charge in [-0.15, -0.1) is 0 Å². The van der Waals surface area contributed by atoms with Crippen LogP contribution in [0.4, 0.5) is 11.6 Å². The van der Waals surface area contributed by atoms with Crippen LogP contribution in [0.3, 0.4) is 0 Å². The Morgan fingerprint density at radius 3 is 2.33 bits per heavy atom. The second-order valence-corrected chi connectivity index (χ2v) is 7.59. The van der Waals surface area contributed by atoms with E-state index in [-0.39, 0.29) is 21.6 Å². The molecule has 0 atom stereocenters. The number of carbonyl (C=O) groups excluding carboxylic acids is 1. The molecular weight excluding hydrogens is 392 g/mol. The highest BCUT2D eigenvalue weighted by Crippen LogP contribution is 2.21. The third kappa shape index (κ3) is 4.07. The Kier molecular flexibility index (Phi) is 5.10. The number of halogens is 1.